The van der Waals surface area contributed by atoms with Crippen LogP contribution < -0.4 is 21.5 Å². The highest BCUT2D eigenvalue weighted by molar-refractivity contribution is 6.53. The van der Waals surface area contributed by atoms with Gasteiger partial charge in [0, 0.05) is 28.2 Å². The van der Waals surface area contributed by atoms with E-state index in [9.17, 15) is 14.4 Å². The van der Waals surface area contributed by atoms with Crippen molar-refractivity contribution in [2.24, 2.45) is 11.8 Å². The predicted molar refractivity (Wildman–Crippen MR) is 134 cm³/mol. The average Bonchev–Trinajstić information content (AvgIpc) is 3.67. The molecule has 2 aromatic rings. The van der Waals surface area contributed by atoms with Gasteiger partial charge in [-0.05, 0) is 60.7 Å². The second kappa shape index (κ2) is 9.99. The molecule has 2 atom stereocenters. The highest BCUT2D eigenvalue weighted by atomic mass is 35.5. The summed E-state index contributed by atoms with van der Waals surface area (Å²) in [6, 6.07) is 8.73. The number of anilines is 1. The Morgan fingerprint density at radius 1 is 0.941 bits per heavy atom. The zero-order chi connectivity index (χ0) is 24.6. The van der Waals surface area contributed by atoms with Gasteiger partial charge in [0.2, 0.25) is 5.91 Å². The van der Waals surface area contributed by atoms with Gasteiger partial charge in [0.1, 0.15) is 4.33 Å². The molecule has 0 heterocycles. The number of urea groups is 1. The highest BCUT2D eigenvalue weighted by Crippen LogP contribution is 2.65. The van der Waals surface area contributed by atoms with Crippen molar-refractivity contribution < 1.29 is 14.4 Å². The molecule has 2 aliphatic carbocycles. The van der Waals surface area contributed by atoms with Crippen molar-refractivity contribution in [3.05, 3.63) is 62.6 Å². The molecular formula is C22H19Cl5N4O3. The molecule has 4 N–H and O–H groups in total. The molecule has 4 rings (SSSR count). The summed E-state index contributed by atoms with van der Waals surface area (Å²) < 4.78 is -1.34. The number of hydrazine groups is 1. The van der Waals surface area contributed by atoms with Gasteiger partial charge in [0.15, 0.2) is 0 Å². The van der Waals surface area contributed by atoms with Gasteiger partial charge < -0.3 is 10.6 Å². The molecule has 0 bridgehead atoms. The van der Waals surface area contributed by atoms with Crippen LogP contribution in [0.2, 0.25) is 15.1 Å². The number of nitrogens with one attached hydrogen (secondary N) is 4. The SMILES string of the molecule is O=C(NCC1CC1)NNC(=O)c1cc(NC(=O)C2C(c3cc(Cl)cc(Cl)c3)C2(Cl)Cl)ccc1Cl. The molecule has 0 radical (unpaired) electrons. The third-order valence-corrected chi connectivity index (χ3v) is 7.30. The third kappa shape index (κ3) is 5.83. The monoisotopic (exact) mass is 562 g/mol. The van der Waals surface area contributed by atoms with Crippen LogP contribution in [-0.4, -0.2) is 28.7 Å². The Labute approximate surface area is 220 Å². The first-order valence-electron chi connectivity index (χ1n) is 10.3. The fraction of sp³-hybridized carbons (Fsp3) is 0.318. The van der Waals surface area contributed by atoms with Crippen molar-refractivity contribution in [1.29, 1.82) is 0 Å². The Morgan fingerprint density at radius 3 is 2.26 bits per heavy atom. The van der Waals surface area contributed by atoms with E-state index in [0.717, 1.165) is 12.8 Å². The van der Waals surface area contributed by atoms with E-state index in [1.807, 2.05) is 0 Å². The number of amides is 4. The summed E-state index contributed by atoms with van der Waals surface area (Å²) in [5.41, 5.74) is 5.56. The van der Waals surface area contributed by atoms with Gasteiger partial charge in [-0.3, -0.25) is 15.0 Å². The Balaban J connectivity index is 1.39. The maximum atomic E-state index is 12.9. The molecular weight excluding hydrogens is 546 g/mol. The van der Waals surface area contributed by atoms with Crippen LogP contribution in [0.25, 0.3) is 0 Å². The Bertz CT molecular complexity index is 1140. The maximum absolute atomic E-state index is 12.9. The maximum Gasteiger partial charge on any atom is 0.333 e. The fourth-order valence-corrected chi connectivity index (χ4v) is 5.18. The lowest BCUT2D eigenvalue weighted by Gasteiger charge is -2.11. The molecule has 2 fully saturated rings. The lowest BCUT2D eigenvalue weighted by atomic mass is 10.1. The molecule has 2 aromatic carbocycles. The number of carbonyl (C=O) groups is 3. The molecule has 2 unspecified atom stereocenters. The number of benzene rings is 2. The Morgan fingerprint density at radius 2 is 1.62 bits per heavy atom. The lowest BCUT2D eigenvalue weighted by molar-refractivity contribution is -0.117. The van der Waals surface area contributed by atoms with E-state index in [2.05, 4.69) is 21.5 Å². The average molecular weight is 565 g/mol. The Hall–Kier alpha value is -1.90. The van der Waals surface area contributed by atoms with E-state index in [1.54, 1.807) is 18.2 Å². The number of rotatable bonds is 6. The summed E-state index contributed by atoms with van der Waals surface area (Å²) in [4.78, 5) is 37.2. The lowest BCUT2D eigenvalue weighted by Crippen LogP contribution is -2.47. The van der Waals surface area contributed by atoms with Crippen LogP contribution in [-0.2, 0) is 4.79 Å². The van der Waals surface area contributed by atoms with Crippen LogP contribution >= 0.6 is 58.0 Å². The molecule has 2 aliphatic rings. The number of carbonyl (C=O) groups excluding carboxylic acids is 3. The number of alkyl halides is 2. The third-order valence-electron chi connectivity index (χ3n) is 5.60. The number of hydrogen-bond donors (Lipinski definition) is 4. The van der Waals surface area contributed by atoms with Crippen molar-refractivity contribution in [3.8, 4) is 0 Å². The van der Waals surface area contributed by atoms with Crippen LogP contribution in [0, 0.1) is 11.8 Å². The van der Waals surface area contributed by atoms with E-state index in [0.29, 0.717) is 33.8 Å². The molecule has 4 amide bonds. The molecule has 0 spiro atoms. The second-order valence-electron chi connectivity index (χ2n) is 8.25. The first kappa shape index (κ1) is 25.2. The second-order valence-corrected chi connectivity index (χ2v) is 11.0. The van der Waals surface area contributed by atoms with E-state index >= 15 is 0 Å². The molecule has 12 heteroatoms. The minimum atomic E-state index is -1.34. The largest absolute Gasteiger partial charge is 0.336 e. The van der Waals surface area contributed by atoms with Crippen LogP contribution in [0.4, 0.5) is 10.5 Å². The van der Waals surface area contributed by atoms with E-state index in [4.69, 9.17) is 58.0 Å². The van der Waals surface area contributed by atoms with E-state index < -0.39 is 34.0 Å². The molecule has 0 aliphatic heterocycles. The van der Waals surface area contributed by atoms with Gasteiger partial charge >= 0.3 is 6.03 Å². The van der Waals surface area contributed by atoms with Gasteiger partial charge in [0.25, 0.3) is 5.91 Å². The minimum absolute atomic E-state index is 0.0546. The summed E-state index contributed by atoms with van der Waals surface area (Å²) in [5, 5.41) is 6.31. The smallest absolute Gasteiger partial charge is 0.333 e. The van der Waals surface area contributed by atoms with Gasteiger partial charge in [-0.15, -0.1) is 23.2 Å². The van der Waals surface area contributed by atoms with Crippen molar-refractivity contribution >= 4 is 81.5 Å². The first-order chi connectivity index (χ1) is 16.1. The topological polar surface area (TPSA) is 99.3 Å². The highest BCUT2D eigenvalue weighted by Gasteiger charge is 2.67. The van der Waals surface area contributed by atoms with Crippen molar-refractivity contribution in [3.63, 3.8) is 0 Å². The van der Waals surface area contributed by atoms with Gasteiger partial charge in [-0.1, -0.05) is 34.8 Å². The molecule has 34 heavy (non-hydrogen) atoms. The normalized spacial score (nSPS) is 20.3. The van der Waals surface area contributed by atoms with Crippen LogP contribution in [0.3, 0.4) is 0 Å². The van der Waals surface area contributed by atoms with Crippen molar-refractivity contribution in [2.45, 2.75) is 23.1 Å². The van der Waals surface area contributed by atoms with Crippen LogP contribution in [0.1, 0.15) is 34.7 Å². The number of halogens is 5. The van der Waals surface area contributed by atoms with Crippen molar-refractivity contribution in [2.75, 3.05) is 11.9 Å². The minimum Gasteiger partial charge on any atom is -0.336 e. The molecule has 2 saturated carbocycles. The molecule has 180 valence electrons. The van der Waals surface area contributed by atoms with Crippen molar-refractivity contribution in [1.82, 2.24) is 16.2 Å². The summed E-state index contributed by atoms with van der Waals surface area (Å²) >= 11 is 31.0. The predicted octanol–water partition coefficient (Wildman–Crippen LogP) is 5.53. The summed E-state index contributed by atoms with van der Waals surface area (Å²) in [6.45, 7) is 0.552. The number of hydrogen-bond acceptors (Lipinski definition) is 3. The quantitative estimate of drug-likeness (QED) is 0.274. The zero-order valence-corrected chi connectivity index (χ0v) is 21.2. The van der Waals surface area contributed by atoms with Gasteiger partial charge in [-0.25, -0.2) is 10.2 Å². The molecule has 0 aromatic heterocycles. The van der Waals surface area contributed by atoms with Crippen LogP contribution in [0.15, 0.2) is 36.4 Å². The van der Waals surface area contributed by atoms with Gasteiger partial charge in [0.05, 0.1) is 16.5 Å². The molecule has 0 saturated heterocycles. The zero-order valence-electron chi connectivity index (χ0n) is 17.4. The molecule has 7 nitrogen and oxygen atoms in total. The standard InChI is InChI=1S/C22H19Cl5N4O3/c23-12-5-11(6-13(24)7-12)17-18(22(17,26)27)20(33)29-14-3-4-16(25)15(8-14)19(32)30-31-21(34)28-9-10-1-2-10/h3-8,10,17-18H,1-2,9H2,(H,29,33)(H,30,32)(H2,28,31,34). The first-order valence-corrected chi connectivity index (χ1v) is 12.2. The summed E-state index contributed by atoms with van der Waals surface area (Å²) in [5.74, 6) is -1.88. The fourth-order valence-electron chi connectivity index (χ4n) is 3.60. The summed E-state index contributed by atoms with van der Waals surface area (Å²) in [7, 11) is 0. The van der Waals surface area contributed by atoms with Crippen LogP contribution in [0.5, 0.6) is 0 Å². The van der Waals surface area contributed by atoms with E-state index in [-0.39, 0.29) is 10.6 Å². The Kier molecular flexibility index (Phi) is 7.41. The summed E-state index contributed by atoms with van der Waals surface area (Å²) in [6.07, 6.45) is 2.17. The van der Waals surface area contributed by atoms with Gasteiger partial charge in [-0.2, -0.15) is 0 Å². The van der Waals surface area contributed by atoms with E-state index in [1.165, 1.54) is 18.2 Å².